The topological polar surface area (TPSA) is 35.6 Å². The lowest BCUT2D eigenvalue weighted by molar-refractivity contribution is -0.115. The highest BCUT2D eigenvalue weighted by atomic mass is 32.2. The van der Waals surface area contributed by atoms with Crippen molar-refractivity contribution >= 4 is 46.0 Å². The largest absolute Gasteiger partial charge is 0.368 e. The van der Waals surface area contributed by atoms with E-state index in [1.54, 1.807) is 0 Å². The first-order chi connectivity index (χ1) is 10.1. The number of thioether (sulfide) groups is 1. The smallest absolute Gasteiger partial charge is 0.263 e. The second kappa shape index (κ2) is 6.17. The van der Waals surface area contributed by atoms with Crippen molar-refractivity contribution < 1.29 is 4.79 Å². The molecular formula is C15H17N3OS2. The molecule has 0 bridgehead atoms. The molecule has 6 heteroatoms. The molecule has 4 nitrogen and oxygen atoms in total. The van der Waals surface area contributed by atoms with Crippen LogP contribution in [0, 0.1) is 0 Å². The van der Waals surface area contributed by atoms with Crippen LogP contribution in [-0.2, 0) is 4.79 Å². The number of hydrogen-bond donors (Lipinski definition) is 1. The van der Waals surface area contributed by atoms with E-state index in [0.29, 0.717) is 9.23 Å². The number of piperazine rings is 1. The molecule has 1 N–H and O–H groups in total. The zero-order chi connectivity index (χ0) is 14.8. The molecule has 2 heterocycles. The summed E-state index contributed by atoms with van der Waals surface area (Å²) in [4.78, 5) is 17.2. The lowest BCUT2D eigenvalue weighted by Crippen LogP contribution is -2.44. The number of carbonyl (C=O) groups excluding carboxylic acids is 1. The van der Waals surface area contributed by atoms with Crippen molar-refractivity contribution in [2.75, 3.05) is 38.1 Å². The van der Waals surface area contributed by atoms with Crippen molar-refractivity contribution in [3.05, 3.63) is 34.7 Å². The van der Waals surface area contributed by atoms with Crippen LogP contribution >= 0.6 is 24.0 Å². The number of carbonyl (C=O) groups is 1. The zero-order valence-electron chi connectivity index (χ0n) is 11.8. The van der Waals surface area contributed by atoms with Crippen molar-refractivity contribution in [2.45, 2.75) is 0 Å². The van der Waals surface area contributed by atoms with E-state index in [0.717, 1.165) is 31.7 Å². The SMILES string of the molecule is CN1CCN(c2ccccc2/C=C2\SC(=S)NC2=O)CC1. The Hall–Kier alpha value is -1.37. The molecule has 1 amide bonds. The van der Waals surface area contributed by atoms with E-state index in [1.165, 1.54) is 17.4 Å². The van der Waals surface area contributed by atoms with E-state index >= 15 is 0 Å². The van der Waals surface area contributed by atoms with Gasteiger partial charge in [0.2, 0.25) is 0 Å². The van der Waals surface area contributed by atoms with Gasteiger partial charge < -0.3 is 15.1 Å². The minimum Gasteiger partial charge on any atom is -0.368 e. The maximum Gasteiger partial charge on any atom is 0.263 e. The first kappa shape index (κ1) is 14.6. The van der Waals surface area contributed by atoms with Crippen molar-refractivity contribution in [1.29, 1.82) is 0 Å². The van der Waals surface area contributed by atoms with Gasteiger partial charge in [-0.2, -0.15) is 0 Å². The highest BCUT2D eigenvalue weighted by molar-refractivity contribution is 8.26. The predicted octanol–water partition coefficient (Wildman–Crippen LogP) is 1.93. The van der Waals surface area contributed by atoms with E-state index in [2.05, 4.69) is 34.3 Å². The monoisotopic (exact) mass is 319 g/mol. The first-order valence-corrected chi connectivity index (χ1v) is 8.13. The second-order valence-corrected chi connectivity index (χ2v) is 6.92. The van der Waals surface area contributed by atoms with Crippen LogP contribution in [0.4, 0.5) is 5.69 Å². The molecule has 0 atom stereocenters. The van der Waals surface area contributed by atoms with Gasteiger partial charge in [0.15, 0.2) is 0 Å². The zero-order valence-corrected chi connectivity index (χ0v) is 13.5. The second-order valence-electron chi connectivity index (χ2n) is 5.20. The molecule has 0 saturated carbocycles. The predicted molar refractivity (Wildman–Crippen MR) is 92.5 cm³/mol. The number of amides is 1. The fraction of sp³-hybridized carbons (Fsp3) is 0.333. The Morgan fingerprint density at radius 3 is 2.62 bits per heavy atom. The van der Waals surface area contributed by atoms with Crippen LogP contribution in [0.15, 0.2) is 29.2 Å². The van der Waals surface area contributed by atoms with Crippen LogP contribution in [0.5, 0.6) is 0 Å². The number of para-hydroxylation sites is 1. The summed E-state index contributed by atoms with van der Waals surface area (Å²) in [6.45, 7) is 4.14. The van der Waals surface area contributed by atoms with Gasteiger partial charge in [0.1, 0.15) is 4.32 Å². The van der Waals surface area contributed by atoms with E-state index < -0.39 is 0 Å². The summed E-state index contributed by atoms with van der Waals surface area (Å²) in [5.74, 6) is -0.0989. The number of nitrogens with zero attached hydrogens (tertiary/aromatic N) is 2. The molecule has 21 heavy (non-hydrogen) atoms. The Balaban J connectivity index is 1.88. The summed E-state index contributed by atoms with van der Waals surface area (Å²) in [6, 6.07) is 8.22. The molecule has 0 spiro atoms. The number of anilines is 1. The molecule has 2 saturated heterocycles. The summed E-state index contributed by atoms with van der Waals surface area (Å²) >= 11 is 6.36. The number of hydrogen-bond acceptors (Lipinski definition) is 5. The Bertz CT molecular complexity index is 607. The molecular weight excluding hydrogens is 302 g/mol. The summed E-state index contributed by atoms with van der Waals surface area (Å²) in [5, 5.41) is 2.66. The van der Waals surface area contributed by atoms with Crippen LogP contribution in [0.2, 0.25) is 0 Å². The fourth-order valence-corrected chi connectivity index (χ4v) is 3.54. The molecule has 110 valence electrons. The van der Waals surface area contributed by atoms with Gasteiger partial charge >= 0.3 is 0 Å². The molecule has 1 aromatic carbocycles. The third-order valence-corrected chi connectivity index (χ3v) is 4.87. The lowest BCUT2D eigenvalue weighted by Gasteiger charge is -2.34. The van der Waals surface area contributed by atoms with Crippen LogP contribution in [0.25, 0.3) is 6.08 Å². The Morgan fingerprint density at radius 1 is 1.24 bits per heavy atom. The Kier molecular flexibility index (Phi) is 4.28. The molecule has 2 aliphatic rings. The van der Waals surface area contributed by atoms with Gasteiger partial charge in [-0.1, -0.05) is 42.2 Å². The van der Waals surface area contributed by atoms with Gasteiger partial charge in [0.25, 0.3) is 5.91 Å². The molecule has 1 aromatic rings. The first-order valence-electron chi connectivity index (χ1n) is 6.91. The highest BCUT2D eigenvalue weighted by Crippen LogP contribution is 2.30. The number of rotatable bonds is 2. The molecule has 0 unspecified atom stereocenters. The molecule has 0 radical (unpaired) electrons. The quantitative estimate of drug-likeness (QED) is 0.666. The number of likely N-dealkylation sites (N-methyl/N-ethyl adjacent to an activating group) is 1. The summed E-state index contributed by atoms with van der Waals surface area (Å²) in [7, 11) is 2.14. The Morgan fingerprint density at radius 2 is 1.95 bits per heavy atom. The van der Waals surface area contributed by atoms with Crippen molar-refractivity contribution in [2.24, 2.45) is 0 Å². The van der Waals surface area contributed by atoms with Crippen molar-refractivity contribution in [3.8, 4) is 0 Å². The maximum absolute atomic E-state index is 11.8. The van der Waals surface area contributed by atoms with Gasteiger partial charge in [0, 0.05) is 31.9 Å². The van der Waals surface area contributed by atoms with E-state index in [-0.39, 0.29) is 5.91 Å². The van der Waals surface area contributed by atoms with Crippen LogP contribution in [0.3, 0.4) is 0 Å². The van der Waals surface area contributed by atoms with Crippen LogP contribution < -0.4 is 10.2 Å². The molecule has 2 aliphatic heterocycles. The molecule has 3 rings (SSSR count). The van der Waals surface area contributed by atoms with Gasteiger partial charge in [0.05, 0.1) is 4.91 Å². The van der Waals surface area contributed by atoms with Crippen molar-refractivity contribution in [3.63, 3.8) is 0 Å². The average molecular weight is 319 g/mol. The number of nitrogens with one attached hydrogen (secondary N) is 1. The van der Waals surface area contributed by atoms with E-state index in [1.807, 2.05) is 18.2 Å². The fourth-order valence-electron chi connectivity index (χ4n) is 2.51. The maximum atomic E-state index is 11.8. The molecule has 0 aromatic heterocycles. The average Bonchev–Trinajstić information content (AvgIpc) is 2.79. The summed E-state index contributed by atoms with van der Waals surface area (Å²) in [5.41, 5.74) is 2.26. The normalized spacial score (nSPS) is 22.0. The van der Waals surface area contributed by atoms with E-state index in [9.17, 15) is 4.79 Å². The number of benzene rings is 1. The summed E-state index contributed by atoms with van der Waals surface area (Å²) < 4.78 is 0.531. The lowest BCUT2D eigenvalue weighted by atomic mass is 10.1. The minimum atomic E-state index is -0.0989. The molecule has 0 aliphatic carbocycles. The minimum absolute atomic E-state index is 0.0989. The van der Waals surface area contributed by atoms with Crippen LogP contribution in [-0.4, -0.2) is 48.4 Å². The third-order valence-electron chi connectivity index (χ3n) is 3.71. The van der Waals surface area contributed by atoms with Gasteiger partial charge in [-0.25, -0.2) is 0 Å². The van der Waals surface area contributed by atoms with Crippen LogP contribution in [0.1, 0.15) is 5.56 Å². The Labute approximate surface area is 134 Å². The standard InChI is InChI=1S/C15H17N3OS2/c1-17-6-8-18(9-7-17)12-5-3-2-4-11(12)10-13-14(19)16-15(20)21-13/h2-5,10H,6-9H2,1H3,(H,16,19,20)/b13-10-. The van der Waals surface area contributed by atoms with Gasteiger partial charge in [-0.3, -0.25) is 4.79 Å². The summed E-state index contributed by atoms with van der Waals surface area (Å²) in [6.07, 6.45) is 1.94. The van der Waals surface area contributed by atoms with Gasteiger partial charge in [-0.05, 0) is 24.8 Å². The molecule has 2 fully saturated rings. The third kappa shape index (κ3) is 3.28. The van der Waals surface area contributed by atoms with Crippen molar-refractivity contribution in [1.82, 2.24) is 10.2 Å². The van der Waals surface area contributed by atoms with E-state index in [4.69, 9.17) is 12.2 Å². The van der Waals surface area contributed by atoms with Gasteiger partial charge in [-0.15, -0.1) is 0 Å². The highest BCUT2D eigenvalue weighted by Gasteiger charge is 2.23. The number of thiocarbonyl (C=S) groups is 1.